The van der Waals surface area contributed by atoms with Crippen LogP contribution in [-0.2, 0) is 37.9 Å². The number of hydrogen-bond donors (Lipinski definition) is 0. The molecule has 0 fully saturated rings. The zero-order chi connectivity index (χ0) is 56.1. The molecular formula is C76H85BN2. The molecule has 0 spiro atoms. The molecule has 79 heavy (non-hydrogen) atoms. The van der Waals surface area contributed by atoms with Gasteiger partial charge in [-0.05, 0) is 203 Å². The highest BCUT2D eigenvalue weighted by molar-refractivity contribution is 7.00. The normalized spacial score (nSPS) is 17.6. The summed E-state index contributed by atoms with van der Waals surface area (Å²) in [4.78, 5) is 5.41. The first-order chi connectivity index (χ1) is 37.0. The Morgan fingerprint density at radius 3 is 1.54 bits per heavy atom. The van der Waals surface area contributed by atoms with Gasteiger partial charge in [-0.15, -0.1) is 0 Å². The fourth-order valence-electron chi connectivity index (χ4n) is 14.3. The molecule has 0 aromatic heterocycles. The van der Waals surface area contributed by atoms with Crippen LogP contribution in [0.4, 0.5) is 34.1 Å². The van der Waals surface area contributed by atoms with E-state index in [0.717, 1.165) is 12.8 Å². The molecule has 0 radical (unpaired) electrons. The average molecular weight is 1040 g/mol. The lowest BCUT2D eigenvalue weighted by Gasteiger charge is -2.48. The lowest BCUT2D eigenvalue weighted by molar-refractivity contribution is 0.332. The molecule has 2 aliphatic carbocycles. The number of benzene rings is 8. The van der Waals surface area contributed by atoms with E-state index in [0.29, 0.717) is 0 Å². The van der Waals surface area contributed by atoms with Gasteiger partial charge in [-0.25, -0.2) is 0 Å². The van der Waals surface area contributed by atoms with Crippen molar-refractivity contribution in [3.63, 3.8) is 0 Å². The van der Waals surface area contributed by atoms with E-state index in [1.54, 1.807) is 0 Å². The van der Waals surface area contributed by atoms with E-state index in [-0.39, 0.29) is 44.6 Å². The maximum absolute atomic E-state index is 2.71. The van der Waals surface area contributed by atoms with Crippen molar-refractivity contribution >= 4 is 57.2 Å². The zero-order valence-corrected chi connectivity index (χ0v) is 50.8. The Labute approximate surface area is 475 Å². The zero-order valence-electron chi connectivity index (χ0n) is 50.8. The molecular weight excluding hydrogens is 952 g/mol. The molecule has 8 aromatic carbocycles. The number of aryl methyl sites for hydroxylation is 1. The molecule has 402 valence electrons. The number of fused-ring (bicyclic) bond motifs is 6. The summed E-state index contributed by atoms with van der Waals surface area (Å²) < 4.78 is 0. The van der Waals surface area contributed by atoms with Crippen LogP contribution >= 0.6 is 0 Å². The van der Waals surface area contributed by atoms with Crippen molar-refractivity contribution in [2.45, 2.75) is 181 Å². The summed E-state index contributed by atoms with van der Waals surface area (Å²) >= 11 is 0. The second-order valence-corrected chi connectivity index (χ2v) is 29.7. The molecule has 0 atom stereocenters. The van der Waals surface area contributed by atoms with Gasteiger partial charge in [-0.2, -0.15) is 0 Å². The van der Waals surface area contributed by atoms with E-state index in [4.69, 9.17) is 0 Å². The van der Waals surface area contributed by atoms with Crippen molar-refractivity contribution < 1.29 is 0 Å². The van der Waals surface area contributed by atoms with Gasteiger partial charge in [-0.1, -0.05) is 214 Å². The van der Waals surface area contributed by atoms with Crippen molar-refractivity contribution in [3.8, 4) is 22.3 Å². The molecule has 0 unspecified atom stereocenters. The van der Waals surface area contributed by atoms with Crippen molar-refractivity contribution in [2.75, 3.05) is 9.80 Å². The molecule has 8 aromatic rings. The monoisotopic (exact) mass is 1040 g/mol. The van der Waals surface area contributed by atoms with Gasteiger partial charge in [0.05, 0.1) is 5.69 Å². The smallest absolute Gasteiger partial charge is 0.252 e. The number of rotatable bonds is 6. The van der Waals surface area contributed by atoms with Gasteiger partial charge in [0.15, 0.2) is 0 Å². The van der Waals surface area contributed by atoms with Gasteiger partial charge in [-0.3, -0.25) is 0 Å². The van der Waals surface area contributed by atoms with E-state index >= 15 is 0 Å². The van der Waals surface area contributed by atoms with Crippen LogP contribution in [0.1, 0.15) is 187 Å². The maximum atomic E-state index is 2.71. The molecule has 2 aliphatic heterocycles. The molecule has 2 nitrogen and oxygen atoms in total. The topological polar surface area (TPSA) is 6.48 Å². The Morgan fingerprint density at radius 1 is 0.367 bits per heavy atom. The average Bonchev–Trinajstić information content (AvgIpc) is 2.49. The standard InChI is InChI=1S/C76H85BN2/c1-48-40-67-69-68(41-48)79(64-35-31-54(71(5,6)7)43-57(64)51-23-21-22-50(42-51)49-26-28-52(29-27-49)70(2,3)4)65-44-55(76(16,17)53-24-19-18-20-25-53)30-34-62(65)77(69)63-46-60-61(75(14,15)39-38-74(60,12)13)47-66(63)78(67)56-32-33-58-59(45-56)73(10,11)37-36-72(58,8)9/h18-35,40-47H,36-39H2,1-17H3. The predicted molar refractivity (Wildman–Crippen MR) is 343 cm³/mol. The Morgan fingerprint density at radius 2 is 0.911 bits per heavy atom. The van der Waals surface area contributed by atoms with E-state index in [9.17, 15) is 0 Å². The minimum absolute atomic E-state index is 0.00664. The van der Waals surface area contributed by atoms with Crippen molar-refractivity contribution in [1.29, 1.82) is 0 Å². The highest BCUT2D eigenvalue weighted by Gasteiger charge is 2.48. The molecule has 0 bridgehead atoms. The van der Waals surface area contributed by atoms with Crippen molar-refractivity contribution in [1.82, 2.24) is 0 Å². The second-order valence-electron chi connectivity index (χ2n) is 29.7. The van der Waals surface area contributed by atoms with Crippen LogP contribution in [0.3, 0.4) is 0 Å². The van der Waals surface area contributed by atoms with Crippen molar-refractivity contribution in [3.05, 3.63) is 208 Å². The fourth-order valence-corrected chi connectivity index (χ4v) is 14.3. The first-order valence-corrected chi connectivity index (χ1v) is 29.7. The van der Waals surface area contributed by atoms with E-state index in [2.05, 4.69) is 285 Å². The number of nitrogens with zero attached hydrogens (tertiary/aromatic N) is 2. The largest absolute Gasteiger partial charge is 0.311 e. The molecule has 12 rings (SSSR count). The van der Waals surface area contributed by atoms with Gasteiger partial charge in [0.2, 0.25) is 0 Å². The second kappa shape index (κ2) is 18.0. The van der Waals surface area contributed by atoms with Gasteiger partial charge in [0.1, 0.15) is 0 Å². The lowest BCUT2D eigenvalue weighted by atomic mass is 9.33. The maximum Gasteiger partial charge on any atom is 0.252 e. The molecule has 0 saturated carbocycles. The minimum atomic E-state index is -0.263. The van der Waals surface area contributed by atoms with Crippen LogP contribution in [0, 0.1) is 6.92 Å². The predicted octanol–water partition coefficient (Wildman–Crippen LogP) is 19.0. The fraction of sp³-hybridized carbons (Fsp3) is 0.368. The van der Waals surface area contributed by atoms with E-state index in [1.807, 2.05) is 0 Å². The first-order valence-electron chi connectivity index (χ1n) is 29.7. The van der Waals surface area contributed by atoms with Gasteiger partial charge < -0.3 is 9.80 Å². The summed E-state index contributed by atoms with van der Waals surface area (Å²) in [7, 11) is 0. The molecule has 0 amide bonds. The quantitative estimate of drug-likeness (QED) is 0.153. The molecule has 2 heterocycles. The lowest BCUT2D eigenvalue weighted by Crippen LogP contribution is -2.62. The SMILES string of the molecule is Cc1cc2c3c(c1)N(c1ccc(C(C)(C)C)cc1-c1cccc(-c4ccc(C(C)(C)C)cc4)c1)c1cc(C(C)(C)c4ccccc4)ccc1B3c1cc3c(cc1N2c1ccc2c(c1)C(C)(C)CCC2(C)C)C(C)(C)CCC3(C)C. The highest BCUT2D eigenvalue weighted by Crippen LogP contribution is 2.54. The summed E-state index contributed by atoms with van der Waals surface area (Å²) in [6.07, 6.45) is 4.69. The Hall–Kier alpha value is -6.58. The summed E-state index contributed by atoms with van der Waals surface area (Å²) in [6.45, 7) is 40.9. The summed E-state index contributed by atoms with van der Waals surface area (Å²) in [5, 5.41) is 0. The summed E-state index contributed by atoms with van der Waals surface area (Å²) in [5.74, 6) is 0. The minimum Gasteiger partial charge on any atom is -0.311 e. The summed E-state index contributed by atoms with van der Waals surface area (Å²) in [6, 6.07) is 62.6. The first kappa shape index (κ1) is 53.1. The Kier molecular flexibility index (Phi) is 12.1. The van der Waals surface area contributed by atoms with Crippen LogP contribution in [-0.4, -0.2) is 6.71 Å². The number of hydrogen-bond acceptors (Lipinski definition) is 2. The van der Waals surface area contributed by atoms with Gasteiger partial charge in [0.25, 0.3) is 6.71 Å². The number of anilines is 6. The van der Waals surface area contributed by atoms with Crippen LogP contribution in [0.5, 0.6) is 0 Å². The van der Waals surface area contributed by atoms with Gasteiger partial charge >= 0.3 is 0 Å². The van der Waals surface area contributed by atoms with E-state index in [1.165, 1.54) is 136 Å². The van der Waals surface area contributed by atoms with Crippen LogP contribution in [0.15, 0.2) is 158 Å². The third-order valence-corrected chi connectivity index (χ3v) is 19.9. The molecule has 0 saturated heterocycles. The third-order valence-electron chi connectivity index (χ3n) is 19.9. The Balaban J connectivity index is 1.17. The molecule has 3 heteroatoms. The van der Waals surface area contributed by atoms with Crippen LogP contribution < -0.4 is 26.2 Å². The molecule has 0 N–H and O–H groups in total. The Bertz CT molecular complexity index is 3740. The summed E-state index contributed by atoms with van der Waals surface area (Å²) in [5.41, 5.74) is 29.1. The van der Waals surface area contributed by atoms with Gasteiger partial charge in [0, 0.05) is 39.4 Å². The van der Waals surface area contributed by atoms with E-state index < -0.39 is 0 Å². The van der Waals surface area contributed by atoms with Crippen molar-refractivity contribution in [2.24, 2.45) is 0 Å². The molecule has 4 aliphatic rings. The van der Waals surface area contributed by atoms with Crippen LogP contribution in [0.2, 0.25) is 0 Å². The highest BCUT2D eigenvalue weighted by atomic mass is 15.2. The van der Waals surface area contributed by atoms with Crippen LogP contribution in [0.25, 0.3) is 22.3 Å². The third kappa shape index (κ3) is 8.74.